The van der Waals surface area contributed by atoms with Gasteiger partial charge in [0, 0.05) is 53.6 Å². The number of hydrogen-bond acceptors (Lipinski definition) is 3. The fraction of sp³-hybridized carbons (Fsp3) is 0.375. The number of rotatable bonds is 5. The number of benzene rings is 1. The number of carbonyl (C=O) groups excluding carboxylic acids is 1. The molecule has 2 saturated carbocycles. The first kappa shape index (κ1) is 18.7. The summed E-state index contributed by atoms with van der Waals surface area (Å²) >= 11 is 3.50. The molecular weight excluding hydrogens is 426 g/mol. The molecule has 3 unspecified atom stereocenters. The topological polar surface area (TPSA) is 54.4 Å². The summed E-state index contributed by atoms with van der Waals surface area (Å²) < 4.78 is 1.08. The van der Waals surface area contributed by atoms with Crippen LogP contribution in [0.15, 0.2) is 64.5 Å². The van der Waals surface area contributed by atoms with Gasteiger partial charge in [-0.25, -0.2) is 0 Å². The third-order valence-electron chi connectivity index (χ3n) is 6.77. The molecule has 0 spiro atoms. The molecule has 1 N–H and O–H groups in total. The predicted octanol–water partition coefficient (Wildman–Crippen LogP) is 5.01. The highest BCUT2D eigenvalue weighted by Gasteiger charge is 2.52. The molecule has 4 nitrogen and oxygen atoms in total. The van der Waals surface area contributed by atoms with Crippen LogP contribution in [0.2, 0.25) is 0 Å². The van der Waals surface area contributed by atoms with Crippen LogP contribution in [0.25, 0.3) is 5.57 Å². The first-order valence-corrected chi connectivity index (χ1v) is 11.2. The lowest BCUT2D eigenvalue weighted by Gasteiger charge is -2.30. The Morgan fingerprint density at radius 1 is 1.14 bits per heavy atom. The van der Waals surface area contributed by atoms with Gasteiger partial charge in [0.05, 0.1) is 0 Å². The fourth-order valence-electron chi connectivity index (χ4n) is 5.45. The Balaban J connectivity index is 1.29. The van der Waals surface area contributed by atoms with E-state index in [4.69, 9.17) is 4.99 Å². The van der Waals surface area contributed by atoms with Crippen molar-refractivity contribution < 1.29 is 4.79 Å². The average molecular weight is 450 g/mol. The Morgan fingerprint density at radius 2 is 1.97 bits per heavy atom. The summed E-state index contributed by atoms with van der Waals surface area (Å²) in [7, 11) is 0. The average Bonchev–Trinajstić information content (AvgIpc) is 3.49. The van der Waals surface area contributed by atoms with E-state index >= 15 is 0 Å². The first-order chi connectivity index (χ1) is 14.2. The number of aliphatic imine (C=N–C) groups is 1. The van der Waals surface area contributed by atoms with Crippen molar-refractivity contribution in [1.82, 2.24) is 10.3 Å². The lowest BCUT2D eigenvalue weighted by molar-refractivity contribution is -0.127. The summed E-state index contributed by atoms with van der Waals surface area (Å²) in [6, 6.07) is 12.3. The van der Waals surface area contributed by atoms with Gasteiger partial charge in [-0.3, -0.25) is 14.8 Å². The molecule has 5 rings (SSSR count). The van der Waals surface area contributed by atoms with Crippen molar-refractivity contribution in [3.05, 3.63) is 70.6 Å². The number of hydrogen-bond donors (Lipinski definition) is 1. The Bertz CT molecular complexity index is 967. The van der Waals surface area contributed by atoms with E-state index in [2.05, 4.69) is 50.5 Å². The van der Waals surface area contributed by atoms with Crippen molar-refractivity contribution in [2.75, 3.05) is 0 Å². The van der Waals surface area contributed by atoms with Crippen molar-refractivity contribution in [3.63, 3.8) is 0 Å². The Hall–Kier alpha value is -2.27. The van der Waals surface area contributed by atoms with Crippen molar-refractivity contribution in [2.45, 2.75) is 32.2 Å². The molecule has 1 amide bonds. The lowest BCUT2D eigenvalue weighted by atomic mass is 9.75. The molecule has 0 saturated heterocycles. The van der Waals surface area contributed by atoms with Gasteiger partial charge in [0.15, 0.2) is 0 Å². The van der Waals surface area contributed by atoms with Crippen molar-refractivity contribution >= 4 is 33.1 Å². The normalized spacial score (nSPS) is 27.6. The second kappa shape index (κ2) is 7.86. The molecule has 2 fully saturated rings. The van der Waals surface area contributed by atoms with Gasteiger partial charge in [0.1, 0.15) is 0 Å². The third-order valence-corrected chi connectivity index (χ3v) is 7.29. The minimum absolute atomic E-state index is 0.0573. The highest BCUT2D eigenvalue weighted by molar-refractivity contribution is 9.10. The minimum atomic E-state index is 0.0573. The van der Waals surface area contributed by atoms with Crippen LogP contribution in [-0.4, -0.2) is 16.6 Å². The van der Waals surface area contributed by atoms with E-state index in [1.165, 1.54) is 36.1 Å². The van der Waals surface area contributed by atoms with Crippen molar-refractivity contribution in [3.8, 4) is 0 Å². The van der Waals surface area contributed by atoms with E-state index in [-0.39, 0.29) is 17.7 Å². The van der Waals surface area contributed by atoms with Gasteiger partial charge in [0.2, 0.25) is 5.91 Å². The number of carbonyl (C=O) groups is 1. The molecule has 0 radical (unpaired) electrons. The first-order valence-electron chi connectivity index (χ1n) is 10.4. The van der Waals surface area contributed by atoms with E-state index in [9.17, 15) is 4.79 Å². The van der Waals surface area contributed by atoms with Crippen LogP contribution in [0.3, 0.4) is 0 Å². The van der Waals surface area contributed by atoms with Gasteiger partial charge in [-0.1, -0.05) is 34.1 Å². The third kappa shape index (κ3) is 3.68. The van der Waals surface area contributed by atoms with Gasteiger partial charge < -0.3 is 5.32 Å². The van der Waals surface area contributed by atoms with Crippen molar-refractivity contribution in [2.24, 2.45) is 28.7 Å². The number of nitrogens with one attached hydrogen (secondary N) is 1. The largest absolute Gasteiger partial charge is 0.352 e. The van der Waals surface area contributed by atoms with Gasteiger partial charge in [-0.2, -0.15) is 0 Å². The molecular formula is C24H24BrN3O. The molecule has 2 aromatic rings. The summed E-state index contributed by atoms with van der Waals surface area (Å²) in [6.07, 6.45) is 10.0. The number of halogens is 1. The smallest absolute Gasteiger partial charge is 0.224 e. The molecule has 3 aliphatic rings. The van der Waals surface area contributed by atoms with Crippen LogP contribution in [0.5, 0.6) is 0 Å². The highest BCUT2D eigenvalue weighted by Crippen LogP contribution is 2.54. The van der Waals surface area contributed by atoms with Crippen LogP contribution < -0.4 is 5.32 Å². The van der Waals surface area contributed by atoms with Gasteiger partial charge in [-0.15, -0.1) is 0 Å². The Morgan fingerprint density at radius 3 is 2.76 bits per heavy atom. The van der Waals surface area contributed by atoms with Gasteiger partial charge in [0.25, 0.3) is 0 Å². The number of nitrogens with zero attached hydrogens (tertiary/aromatic N) is 2. The van der Waals surface area contributed by atoms with Crippen LogP contribution in [-0.2, 0) is 11.3 Å². The summed E-state index contributed by atoms with van der Waals surface area (Å²) in [5.74, 6) is 1.63. The van der Waals surface area contributed by atoms with Crippen molar-refractivity contribution in [1.29, 1.82) is 0 Å². The molecule has 2 aliphatic carbocycles. The lowest BCUT2D eigenvalue weighted by Crippen LogP contribution is -2.40. The van der Waals surface area contributed by atoms with E-state index in [0.717, 1.165) is 16.5 Å². The quantitative estimate of drug-likeness (QED) is 0.697. The van der Waals surface area contributed by atoms with E-state index in [1.54, 1.807) is 6.20 Å². The predicted molar refractivity (Wildman–Crippen MR) is 118 cm³/mol. The summed E-state index contributed by atoms with van der Waals surface area (Å²) in [4.78, 5) is 22.1. The highest BCUT2D eigenvalue weighted by atomic mass is 79.9. The molecule has 29 heavy (non-hydrogen) atoms. The summed E-state index contributed by atoms with van der Waals surface area (Å²) in [5, 5.41) is 3.17. The standard InChI is InChI=1S/C24H24BrN3O/c25-20-7-5-16(6-8-20)19-11-21(27-14-19)22-17-3-4-18(10-17)23(22)24(29)28-13-15-2-1-9-26-12-15/h1-2,5-9,12,14,17-18,22-23H,3-4,10-11,13H2,(H,28,29)/t17?,18?,22?,23-/m0/s1. The number of aromatic nitrogens is 1. The van der Waals surface area contributed by atoms with Crippen LogP contribution in [0, 0.1) is 23.7 Å². The SMILES string of the molecule is O=C(NCc1cccnc1)[C@H]1C2CCC(C2)C1C1=NC=C(c2ccc(Br)cc2)C1. The van der Waals surface area contributed by atoms with Crippen LogP contribution >= 0.6 is 15.9 Å². The zero-order valence-corrected chi connectivity index (χ0v) is 17.8. The molecule has 1 aromatic carbocycles. The van der Waals surface area contributed by atoms with Crippen LogP contribution in [0.1, 0.15) is 36.8 Å². The van der Waals surface area contributed by atoms with E-state index in [0.29, 0.717) is 18.4 Å². The van der Waals surface area contributed by atoms with E-state index < -0.39 is 0 Å². The number of amides is 1. The Kier molecular flexibility index (Phi) is 5.08. The maximum absolute atomic E-state index is 13.2. The minimum Gasteiger partial charge on any atom is -0.352 e. The monoisotopic (exact) mass is 449 g/mol. The second-order valence-electron chi connectivity index (χ2n) is 8.42. The molecule has 1 aromatic heterocycles. The van der Waals surface area contributed by atoms with E-state index in [1.807, 2.05) is 24.5 Å². The summed E-state index contributed by atoms with van der Waals surface area (Å²) in [5.41, 5.74) is 4.71. The van der Waals surface area contributed by atoms with Crippen LogP contribution in [0.4, 0.5) is 0 Å². The number of pyridine rings is 1. The molecule has 1 aliphatic heterocycles. The Labute approximate surface area is 179 Å². The van der Waals surface area contributed by atoms with Gasteiger partial charge in [-0.05, 0) is 66.0 Å². The maximum atomic E-state index is 13.2. The fourth-order valence-corrected chi connectivity index (χ4v) is 5.71. The maximum Gasteiger partial charge on any atom is 0.224 e. The molecule has 2 bridgehead atoms. The number of allylic oxidation sites excluding steroid dienone is 1. The molecule has 4 atom stereocenters. The second-order valence-corrected chi connectivity index (χ2v) is 9.34. The zero-order chi connectivity index (χ0) is 19.8. The zero-order valence-electron chi connectivity index (χ0n) is 16.2. The summed E-state index contributed by atoms with van der Waals surface area (Å²) in [6.45, 7) is 0.544. The van der Waals surface area contributed by atoms with Gasteiger partial charge >= 0.3 is 0 Å². The number of fused-ring (bicyclic) bond motifs is 2. The molecule has 2 heterocycles. The molecule has 148 valence electrons. The molecule has 5 heteroatoms.